The molecule has 0 unspecified atom stereocenters. The van der Waals surface area contributed by atoms with Crippen molar-refractivity contribution in [1.82, 2.24) is 5.32 Å². The molecule has 0 saturated carbocycles. The normalized spacial score (nSPS) is 10.6. The minimum absolute atomic E-state index is 0.922. The highest BCUT2D eigenvalue weighted by molar-refractivity contribution is 5.18. The van der Waals surface area contributed by atoms with Crippen LogP contribution in [-0.2, 0) is 0 Å². The van der Waals surface area contributed by atoms with Gasteiger partial charge < -0.3 is 5.32 Å². The predicted molar refractivity (Wildman–Crippen MR) is 42.2 cm³/mol. The van der Waals surface area contributed by atoms with Crippen molar-refractivity contribution in [3.05, 3.63) is 37.1 Å². The Morgan fingerprint density at radius 2 is 2.22 bits per heavy atom. The lowest BCUT2D eigenvalue weighted by Crippen LogP contribution is -2.09. The highest BCUT2D eigenvalue weighted by atomic mass is 14.9. The quantitative estimate of drug-likeness (QED) is 0.562. The van der Waals surface area contributed by atoms with Crippen molar-refractivity contribution < 1.29 is 0 Å². The third-order valence-corrected chi connectivity index (χ3v) is 0.898. The Bertz CT molecular complexity index is 123. The van der Waals surface area contributed by atoms with Crippen molar-refractivity contribution >= 4 is 0 Å². The average Bonchev–Trinajstić information content (AvgIpc) is 1.88. The van der Waals surface area contributed by atoms with Gasteiger partial charge in [0.25, 0.3) is 0 Å². The molecule has 0 rings (SSSR count). The zero-order valence-corrected chi connectivity index (χ0v) is 5.85. The zero-order chi connectivity index (χ0) is 7.11. The summed E-state index contributed by atoms with van der Waals surface area (Å²) in [5.74, 6) is 0. The van der Waals surface area contributed by atoms with Crippen molar-refractivity contribution in [2.24, 2.45) is 0 Å². The van der Waals surface area contributed by atoms with Crippen LogP contribution in [0.2, 0.25) is 0 Å². The summed E-state index contributed by atoms with van der Waals surface area (Å²) in [6.07, 6.45) is 5.39. The van der Waals surface area contributed by atoms with Gasteiger partial charge in [-0.3, -0.25) is 0 Å². The van der Waals surface area contributed by atoms with E-state index in [1.807, 2.05) is 13.0 Å². The molecule has 1 heteroatoms. The van der Waals surface area contributed by atoms with Crippen LogP contribution in [0.3, 0.4) is 0 Å². The van der Waals surface area contributed by atoms with Crippen molar-refractivity contribution in [3.63, 3.8) is 0 Å². The monoisotopic (exact) mass is 123 g/mol. The molecule has 0 aliphatic carbocycles. The average molecular weight is 123 g/mol. The topological polar surface area (TPSA) is 12.0 Å². The molecule has 0 saturated heterocycles. The van der Waals surface area contributed by atoms with E-state index in [0.717, 1.165) is 12.2 Å². The second-order valence-corrected chi connectivity index (χ2v) is 1.59. The molecule has 0 aliphatic heterocycles. The Morgan fingerprint density at radius 3 is 2.56 bits per heavy atom. The first-order chi connectivity index (χ1) is 4.35. The molecule has 0 aromatic rings. The van der Waals surface area contributed by atoms with Crippen molar-refractivity contribution in [3.8, 4) is 0 Å². The molecule has 0 aromatic heterocycles. The van der Waals surface area contributed by atoms with Crippen LogP contribution >= 0.6 is 0 Å². The molecule has 1 N–H and O–H groups in total. The molecule has 50 valence electrons. The van der Waals surface area contributed by atoms with Crippen molar-refractivity contribution in [2.45, 2.75) is 6.92 Å². The van der Waals surface area contributed by atoms with Crippen LogP contribution in [-0.4, -0.2) is 6.54 Å². The Balaban J connectivity index is 3.80. The van der Waals surface area contributed by atoms with E-state index in [-0.39, 0.29) is 0 Å². The Labute approximate surface area is 56.8 Å². The first-order valence-electron chi connectivity index (χ1n) is 3.04. The summed E-state index contributed by atoms with van der Waals surface area (Å²) in [5.41, 5.74) is 1.02. The molecule has 0 fully saturated rings. The van der Waals surface area contributed by atoms with E-state index in [2.05, 4.69) is 18.5 Å². The number of nitrogens with one attached hydrogen (secondary N) is 1. The highest BCUT2D eigenvalue weighted by Crippen LogP contribution is 1.88. The molecule has 0 aliphatic rings. The van der Waals surface area contributed by atoms with Gasteiger partial charge >= 0.3 is 0 Å². The Hall–Kier alpha value is -0.980. The lowest BCUT2D eigenvalue weighted by molar-refractivity contribution is 0.879. The van der Waals surface area contributed by atoms with E-state index in [0.29, 0.717) is 0 Å². The lowest BCUT2D eigenvalue weighted by atomic mass is 10.4. The third-order valence-electron chi connectivity index (χ3n) is 0.898. The molecule has 0 bridgehead atoms. The van der Waals surface area contributed by atoms with E-state index in [1.54, 1.807) is 12.2 Å². The van der Waals surface area contributed by atoms with Gasteiger partial charge in [0.1, 0.15) is 0 Å². The minimum atomic E-state index is 0.922. The number of likely N-dealkylation sites (N-methyl/N-ethyl adjacent to an activating group) is 1. The van der Waals surface area contributed by atoms with Crippen LogP contribution in [0.1, 0.15) is 6.92 Å². The van der Waals surface area contributed by atoms with Gasteiger partial charge in [-0.1, -0.05) is 19.2 Å². The molecule has 0 radical (unpaired) electrons. The number of hydrogen-bond acceptors (Lipinski definition) is 1. The molecular weight excluding hydrogens is 110 g/mol. The maximum atomic E-state index is 3.62. The zero-order valence-electron chi connectivity index (χ0n) is 5.85. The second-order valence-electron chi connectivity index (χ2n) is 1.59. The van der Waals surface area contributed by atoms with E-state index < -0.39 is 0 Å². The fraction of sp³-hybridized carbons (Fsp3) is 0.250. The van der Waals surface area contributed by atoms with Gasteiger partial charge in [-0.2, -0.15) is 0 Å². The molecule has 0 heterocycles. The molecule has 0 spiro atoms. The lowest BCUT2D eigenvalue weighted by Gasteiger charge is -1.99. The number of rotatable bonds is 4. The molecule has 1 nitrogen and oxygen atoms in total. The summed E-state index contributed by atoms with van der Waals surface area (Å²) in [6, 6.07) is 0. The SMILES string of the molecule is C=C/C=C(\C=C)NCC. The Morgan fingerprint density at radius 1 is 1.56 bits per heavy atom. The van der Waals surface area contributed by atoms with Gasteiger partial charge in [0.15, 0.2) is 0 Å². The summed E-state index contributed by atoms with van der Waals surface area (Å²) in [5, 5.41) is 3.10. The van der Waals surface area contributed by atoms with Crippen molar-refractivity contribution in [1.29, 1.82) is 0 Å². The van der Waals surface area contributed by atoms with Crippen molar-refractivity contribution in [2.75, 3.05) is 6.54 Å². The second kappa shape index (κ2) is 5.16. The van der Waals surface area contributed by atoms with Crippen LogP contribution in [0.25, 0.3) is 0 Å². The maximum absolute atomic E-state index is 3.62. The summed E-state index contributed by atoms with van der Waals surface area (Å²) >= 11 is 0. The fourth-order valence-electron chi connectivity index (χ4n) is 0.530. The summed E-state index contributed by atoms with van der Waals surface area (Å²) in [7, 11) is 0. The molecule has 0 aromatic carbocycles. The largest absolute Gasteiger partial charge is 0.385 e. The predicted octanol–water partition coefficient (Wildman–Crippen LogP) is 1.85. The van der Waals surface area contributed by atoms with Gasteiger partial charge in [0.2, 0.25) is 0 Å². The van der Waals surface area contributed by atoms with Crippen LogP contribution in [0.15, 0.2) is 37.1 Å². The Kier molecular flexibility index (Phi) is 4.60. The van der Waals surface area contributed by atoms with Gasteiger partial charge in [0.05, 0.1) is 0 Å². The van der Waals surface area contributed by atoms with E-state index in [9.17, 15) is 0 Å². The van der Waals surface area contributed by atoms with Crippen LogP contribution in [0.5, 0.6) is 0 Å². The first kappa shape index (κ1) is 8.02. The number of hydrogen-bond donors (Lipinski definition) is 1. The van der Waals surface area contributed by atoms with E-state index in [4.69, 9.17) is 0 Å². The maximum Gasteiger partial charge on any atom is 0.0333 e. The molecule has 9 heavy (non-hydrogen) atoms. The highest BCUT2D eigenvalue weighted by Gasteiger charge is 1.80. The number of allylic oxidation sites excluding steroid dienone is 3. The van der Waals surface area contributed by atoms with Gasteiger partial charge in [0, 0.05) is 12.2 Å². The minimum Gasteiger partial charge on any atom is -0.385 e. The summed E-state index contributed by atoms with van der Waals surface area (Å²) in [6.45, 7) is 10.2. The molecule has 0 atom stereocenters. The molecular formula is C8H13N. The molecule has 0 amide bonds. The standard InChI is InChI=1S/C8H13N/c1-4-7-8(5-2)9-6-3/h4-5,7,9H,1-2,6H2,3H3/b8-7+. The van der Waals surface area contributed by atoms with Gasteiger partial charge in [-0.15, -0.1) is 0 Å². The van der Waals surface area contributed by atoms with Crippen LogP contribution < -0.4 is 5.32 Å². The fourth-order valence-corrected chi connectivity index (χ4v) is 0.530. The first-order valence-corrected chi connectivity index (χ1v) is 3.04. The van der Waals surface area contributed by atoms with E-state index >= 15 is 0 Å². The van der Waals surface area contributed by atoms with E-state index in [1.165, 1.54) is 0 Å². The van der Waals surface area contributed by atoms with Crippen LogP contribution in [0.4, 0.5) is 0 Å². The van der Waals surface area contributed by atoms with Crippen LogP contribution in [0, 0.1) is 0 Å². The smallest absolute Gasteiger partial charge is 0.0333 e. The van der Waals surface area contributed by atoms with Gasteiger partial charge in [-0.25, -0.2) is 0 Å². The summed E-state index contributed by atoms with van der Waals surface area (Å²) < 4.78 is 0. The summed E-state index contributed by atoms with van der Waals surface area (Å²) in [4.78, 5) is 0. The third kappa shape index (κ3) is 3.59. The van der Waals surface area contributed by atoms with Gasteiger partial charge in [-0.05, 0) is 19.1 Å².